The maximum Gasteiger partial charge on any atom is 0.337 e. The first-order chi connectivity index (χ1) is 7.43. The molecule has 0 aliphatic rings. The van der Waals surface area contributed by atoms with Crippen LogP contribution in [0.4, 0.5) is 5.95 Å². The highest BCUT2D eigenvalue weighted by Crippen LogP contribution is 2.07. The topological polar surface area (TPSA) is 134 Å². The van der Waals surface area contributed by atoms with E-state index in [1.165, 1.54) is 0 Å². The van der Waals surface area contributed by atoms with Crippen molar-refractivity contribution in [3.8, 4) is 6.01 Å². The molecule has 1 rings (SSSR count). The number of hydrogen-bond acceptors (Lipinski definition) is 6. The van der Waals surface area contributed by atoms with Gasteiger partial charge in [-0.1, -0.05) is 0 Å². The van der Waals surface area contributed by atoms with E-state index in [1.54, 1.807) is 6.92 Å². The normalized spacial score (nSPS) is 11.1. The van der Waals surface area contributed by atoms with Gasteiger partial charge in [0.15, 0.2) is 5.75 Å². The number of carbonyl (C=O) groups is 1. The van der Waals surface area contributed by atoms with Crippen LogP contribution in [0.3, 0.4) is 0 Å². The van der Waals surface area contributed by atoms with Crippen LogP contribution in [-0.2, 0) is 14.8 Å². The van der Waals surface area contributed by atoms with E-state index in [-0.39, 0.29) is 12.0 Å². The third-order valence-corrected chi connectivity index (χ3v) is 2.44. The van der Waals surface area contributed by atoms with Crippen LogP contribution in [-0.4, -0.2) is 47.0 Å². The first-order valence-corrected chi connectivity index (χ1v) is 5.85. The fourth-order valence-electron chi connectivity index (χ4n) is 0.832. The second-order valence-corrected chi connectivity index (χ2v) is 4.38. The summed E-state index contributed by atoms with van der Waals surface area (Å²) in [4.78, 5) is 13.8. The molecule has 10 heteroatoms. The molecule has 1 aromatic rings. The van der Waals surface area contributed by atoms with Crippen LogP contribution in [0, 0.1) is 0 Å². The number of nitrogens with one attached hydrogen (secondary N) is 2. The van der Waals surface area contributed by atoms with Crippen LogP contribution < -0.4 is 9.46 Å². The van der Waals surface area contributed by atoms with Gasteiger partial charge in [-0.25, -0.2) is 13.5 Å². The number of aromatic nitrogens is 3. The maximum absolute atomic E-state index is 11.2. The van der Waals surface area contributed by atoms with Crippen molar-refractivity contribution in [2.24, 2.45) is 0 Å². The molecule has 0 saturated carbocycles. The van der Waals surface area contributed by atoms with Gasteiger partial charge in [0, 0.05) is 0 Å². The van der Waals surface area contributed by atoms with Crippen molar-refractivity contribution in [3.05, 3.63) is 0 Å². The molecule has 9 nitrogen and oxygen atoms in total. The number of hydrogen-bond donors (Lipinski definition) is 3. The van der Waals surface area contributed by atoms with Crippen molar-refractivity contribution in [1.82, 2.24) is 15.2 Å². The van der Waals surface area contributed by atoms with Gasteiger partial charge in [-0.15, -0.1) is 5.10 Å². The number of aromatic amines is 1. The van der Waals surface area contributed by atoms with E-state index in [4.69, 9.17) is 9.84 Å². The minimum absolute atomic E-state index is 0.0180. The Labute approximate surface area is 90.9 Å². The lowest BCUT2D eigenvalue weighted by molar-refractivity contribution is -0.134. The largest absolute Gasteiger partial charge is 0.480 e. The fourth-order valence-corrected chi connectivity index (χ4v) is 1.61. The standard InChI is InChI=1S/C6H10N4O5S/c1-2-15-6-7-5(8-9-6)10-16(13,14)3-4(11)12/h2-3H2,1H3,(H,11,12)(H2,7,8,9,10). The highest BCUT2D eigenvalue weighted by Gasteiger charge is 2.17. The molecule has 1 heterocycles. The summed E-state index contributed by atoms with van der Waals surface area (Å²) in [6.07, 6.45) is 0. The molecule has 0 fully saturated rings. The van der Waals surface area contributed by atoms with Gasteiger partial charge in [0.2, 0.25) is 16.0 Å². The maximum atomic E-state index is 11.2. The molecule has 0 radical (unpaired) electrons. The molecule has 3 N–H and O–H groups in total. The summed E-state index contributed by atoms with van der Waals surface area (Å²) in [5, 5.41) is 14.1. The molecule has 1 aromatic heterocycles. The lowest BCUT2D eigenvalue weighted by Crippen LogP contribution is -2.22. The van der Waals surface area contributed by atoms with Gasteiger partial charge in [0.05, 0.1) is 6.61 Å². The van der Waals surface area contributed by atoms with Crippen molar-refractivity contribution < 1.29 is 23.1 Å². The second kappa shape index (κ2) is 4.79. The summed E-state index contributed by atoms with van der Waals surface area (Å²) in [5.41, 5.74) is 0. The third-order valence-electron chi connectivity index (χ3n) is 1.30. The summed E-state index contributed by atoms with van der Waals surface area (Å²) >= 11 is 0. The number of sulfonamides is 1. The number of anilines is 1. The minimum atomic E-state index is -3.97. The molecular weight excluding hydrogens is 240 g/mol. The average molecular weight is 250 g/mol. The van der Waals surface area contributed by atoms with E-state index in [2.05, 4.69) is 15.2 Å². The van der Waals surface area contributed by atoms with Crippen molar-refractivity contribution in [2.75, 3.05) is 17.1 Å². The van der Waals surface area contributed by atoms with Crippen LogP contribution in [0.15, 0.2) is 0 Å². The van der Waals surface area contributed by atoms with E-state index in [9.17, 15) is 13.2 Å². The quantitative estimate of drug-likeness (QED) is 0.591. The predicted molar refractivity (Wildman–Crippen MR) is 52.6 cm³/mol. The minimum Gasteiger partial charge on any atom is -0.480 e. The molecule has 0 aliphatic carbocycles. The Kier molecular flexibility index (Phi) is 3.66. The van der Waals surface area contributed by atoms with Gasteiger partial charge in [0.1, 0.15) is 0 Å². The van der Waals surface area contributed by atoms with Crippen molar-refractivity contribution >= 4 is 21.9 Å². The lowest BCUT2D eigenvalue weighted by Gasteiger charge is -2.00. The van der Waals surface area contributed by atoms with Crippen LogP contribution in [0.5, 0.6) is 6.01 Å². The molecule has 0 bridgehead atoms. The fraction of sp³-hybridized carbons (Fsp3) is 0.500. The molecule has 0 amide bonds. The van der Waals surface area contributed by atoms with Crippen LogP contribution in [0.1, 0.15) is 6.92 Å². The van der Waals surface area contributed by atoms with E-state index in [0.717, 1.165) is 0 Å². The third kappa shape index (κ3) is 3.73. The Morgan fingerprint density at radius 3 is 2.88 bits per heavy atom. The number of H-pyrrole nitrogens is 1. The highest BCUT2D eigenvalue weighted by atomic mass is 32.2. The molecule has 16 heavy (non-hydrogen) atoms. The zero-order valence-electron chi connectivity index (χ0n) is 8.30. The Hall–Kier alpha value is -1.84. The molecule has 90 valence electrons. The molecule has 0 saturated heterocycles. The van der Waals surface area contributed by atoms with Gasteiger partial charge >= 0.3 is 12.0 Å². The predicted octanol–water partition coefficient (Wildman–Crippen LogP) is -0.970. The zero-order chi connectivity index (χ0) is 12.2. The Bertz CT molecular complexity index is 467. The highest BCUT2D eigenvalue weighted by molar-refractivity contribution is 7.93. The summed E-state index contributed by atoms with van der Waals surface area (Å²) in [5.74, 6) is -2.70. The smallest absolute Gasteiger partial charge is 0.337 e. The second-order valence-electron chi connectivity index (χ2n) is 2.65. The molecule has 0 atom stereocenters. The first kappa shape index (κ1) is 12.2. The number of carboxylic acids is 1. The Balaban J connectivity index is 2.69. The van der Waals surface area contributed by atoms with Gasteiger partial charge in [0.25, 0.3) is 0 Å². The van der Waals surface area contributed by atoms with Crippen LogP contribution in [0.25, 0.3) is 0 Å². The monoisotopic (exact) mass is 250 g/mol. The summed E-state index contributed by atoms with van der Waals surface area (Å²) in [6, 6.07) is -0.0180. The summed E-state index contributed by atoms with van der Waals surface area (Å²) < 4.78 is 29.1. The van der Waals surface area contributed by atoms with Crippen molar-refractivity contribution in [2.45, 2.75) is 6.92 Å². The summed E-state index contributed by atoms with van der Waals surface area (Å²) in [6.45, 7) is 2.05. The van der Waals surface area contributed by atoms with E-state index < -0.39 is 21.7 Å². The van der Waals surface area contributed by atoms with E-state index in [1.807, 2.05) is 4.72 Å². The van der Waals surface area contributed by atoms with E-state index in [0.29, 0.717) is 6.61 Å². The molecule has 0 aromatic carbocycles. The molecule has 0 spiro atoms. The lowest BCUT2D eigenvalue weighted by atomic mass is 10.8. The Morgan fingerprint density at radius 1 is 1.62 bits per heavy atom. The number of rotatable bonds is 6. The van der Waals surface area contributed by atoms with Crippen molar-refractivity contribution in [1.29, 1.82) is 0 Å². The van der Waals surface area contributed by atoms with E-state index >= 15 is 0 Å². The Morgan fingerprint density at radius 2 is 2.31 bits per heavy atom. The zero-order valence-corrected chi connectivity index (χ0v) is 9.11. The first-order valence-electron chi connectivity index (χ1n) is 4.20. The van der Waals surface area contributed by atoms with Gasteiger partial charge in [-0.05, 0) is 6.92 Å². The number of nitrogens with zero attached hydrogens (tertiary/aromatic N) is 2. The molecule has 0 aliphatic heterocycles. The number of carboxylic acid groups (broad SMARTS) is 1. The molecular formula is C6H10N4O5S. The number of aliphatic carboxylic acids is 1. The average Bonchev–Trinajstić information content (AvgIpc) is 2.49. The number of ether oxygens (including phenoxy) is 1. The van der Waals surface area contributed by atoms with Gasteiger partial charge < -0.3 is 9.84 Å². The SMILES string of the molecule is CCOc1n[nH]c(NS(=O)(=O)CC(=O)O)n1. The van der Waals surface area contributed by atoms with Crippen LogP contribution in [0.2, 0.25) is 0 Å². The van der Waals surface area contributed by atoms with Crippen molar-refractivity contribution in [3.63, 3.8) is 0 Å². The summed E-state index contributed by atoms with van der Waals surface area (Å²) in [7, 11) is -3.97. The van der Waals surface area contributed by atoms with Crippen LogP contribution >= 0.6 is 0 Å². The van der Waals surface area contributed by atoms with Gasteiger partial charge in [-0.2, -0.15) is 4.98 Å². The van der Waals surface area contributed by atoms with Gasteiger partial charge in [-0.3, -0.25) is 9.52 Å². The molecule has 0 unspecified atom stereocenters.